The van der Waals surface area contributed by atoms with Crippen LogP contribution in [0.3, 0.4) is 0 Å². The SMILES string of the molecule is Cc1ccc2c(CCC(=O)O)nn(C3CCCCO3)c2c1. The van der Waals surface area contributed by atoms with Crippen molar-refractivity contribution in [1.82, 2.24) is 9.78 Å². The summed E-state index contributed by atoms with van der Waals surface area (Å²) in [6.45, 7) is 2.82. The van der Waals surface area contributed by atoms with Gasteiger partial charge in [-0.15, -0.1) is 0 Å². The highest BCUT2D eigenvalue weighted by molar-refractivity contribution is 5.83. The van der Waals surface area contributed by atoms with Gasteiger partial charge in [0.15, 0.2) is 6.23 Å². The lowest BCUT2D eigenvalue weighted by atomic mass is 10.1. The number of benzene rings is 1. The van der Waals surface area contributed by atoms with Crippen LogP contribution in [0, 0.1) is 6.92 Å². The van der Waals surface area contributed by atoms with E-state index in [1.54, 1.807) is 0 Å². The predicted octanol–water partition coefficient (Wildman–Crippen LogP) is 3.06. The summed E-state index contributed by atoms with van der Waals surface area (Å²) in [7, 11) is 0. The standard InChI is InChI=1S/C16H20N2O3/c1-11-5-6-12-13(7-8-16(19)20)17-18(14(12)10-11)15-4-2-3-9-21-15/h5-6,10,15H,2-4,7-9H2,1H3,(H,19,20). The molecule has 1 saturated heterocycles. The number of ether oxygens (including phenoxy) is 1. The first-order valence-corrected chi connectivity index (χ1v) is 7.46. The molecule has 21 heavy (non-hydrogen) atoms. The van der Waals surface area contributed by atoms with Crippen LogP contribution in [0.1, 0.15) is 43.2 Å². The van der Waals surface area contributed by atoms with Crippen LogP contribution >= 0.6 is 0 Å². The molecular formula is C16H20N2O3. The molecule has 0 spiro atoms. The molecule has 1 unspecified atom stereocenters. The summed E-state index contributed by atoms with van der Waals surface area (Å²) in [5, 5.41) is 14.6. The van der Waals surface area contributed by atoms with E-state index in [0.29, 0.717) is 6.42 Å². The maximum atomic E-state index is 10.8. The third-order valence-corrected chi connectivity index (χ3v) is 3.94. The molecule has 0 amide bonds. The summed E-state index contributed by atoms with van der Waals surface area (Å²) in [4.78, 5) is 10.8. The molecule has 5 nitrogen and oxygen atoms in total. The molecule has 0 aliphatic carbocycles. The zero-order valence-corrected chi connectivity index (χ0v) is 12.2. The Morgan fingerprint density at radius 2 is 2.33 bits per heavy atom. The molecule has 1 N–H and O–H groups in total. The van der Waals surface area contributed by atoms with Crippen LogP contribution in [-0.2, 0) is 16.0 Å². The van der Waals surface area contributed by atoms with Crippen LogP contribution in [0.15, 0.2) is 18.2 Å². The van der Waals surface area contributed by atoms with E-state index in [1.165, 1.54) is 5.56 Å². The van der Waals surface area contributed by atoms with Crippen molar-refractivity contribution < 1.29 is 14.6 Å². The maximum Gasteiger partial charge on any atom is 0.303 e. The number of nitrogens with zero attached hydrogens (tertiary/aromatic N) is 2. The summed E-state index contributed by atoms with van der Waals surface area (Å²) in [6, 6.07) is 6.18. The van der Waals surface area contributed by atoms with E-state index in [-0.39, 0.29) is 12.6 Å². The highest BCUT2D eigenvalue weighted by Crippen LogP contribution is 2.29. The Balaban J connectivity index is 2.01. The normalized spacial score (nSPS) is 19.0. The van der Waals surface area contributed by atoms with Gasteiger partial charge in [-0.1, -0.05) is 12.1 Å². The molecule has 2 heterocycles. The van der Waals surface area contributed by atoms with Crippen molar-refractivity contribution in [2.24, 2.45) is 0 Å². The Bertz CT molecular complexity index is 657. The van der Waals surface area contributed by atoms with Gasteiger partial charge < -0.3 is 9.84 Å². The first-order chi connectivity index (χ1) is 10.1. The van der Waals surface area contributed by atoms with Gasteiger partial charge in [0.05, 0.1) is 17.6 Å². The third kappa shape index (κ3) is 2.93. The van der Waals surface area contributed by atoms with E-state index in [4.69, 9.17) is 9.84 Å². The minimum atomic E-state index is -0.793. The van der Waals surface area contributed by atoms with Gasteiger partial charge >= 0.3 is 5.97 Å². The molecular weight excluding hydrogens is 268 g/mol. The first-order valence-electron chi connectivity index (χ1n) is 7.46. The number of fused-ring (bicyclic) bond motifs is 1. The highest BCUT2D eigenvalue weighted by atomic mass is 16.5. The number of aliphatic carboxylic acids is 1. The summed E-state index contributed by atoms with van der Waals surface area (Å²) in [5.41, 5.74) is 3.06. The first kappa shape index (κ1) is 14.1. The number of hydrogen-bond donors (Lipinski definition) is 1. The summed E-state index contributed by atoms with van der Waals surface area (Å²) in [6.07, 6.45) is 3.73. The van der Waals surface area contributed by atoms with E-state index in [9.17, 15) is 4.79 Å². The predicted molar refractivity (Wildman–Crippen MR) is 79.3 cm³/mol. The van der Waals surface area contributed by atoms with Crippen molar-refractivity contribution in [2.75, 3.05) is 6.61 Å². The second-order valence-electron chi connectivity index (χ2n) is 5.63. The van der Waals surface area contributed by atoms with E-state index in [1.807, 2.05) is 16.8 Å². The second-order valence-corrected chi connectivity index (χ2v) is 5.63. The quantitative estimate of drug-likeness (QED) is 0.939. The summed E-state index contributed by atoms with van der Waals surface area (Å²) in [5.74, 6) is -0.793. The zero-order valence-electron chi connectivity index (χ0n) is 12.2. The van der Waals surface area contributed by atoms with Gasteiger partial charge in [0.25, 0.3) is 0 Å². The molecule has 2 aromatic rings. The number of carboxylic acid groups (broad SMARTS) is 1. The van der Waals surface area contributed by atoms with Gasteiger partial charge in [0.1, 0.15) is 0 Å². The molecule has 5 heteroatoms. The second kappa shape index (κ2) is 5.85. The van der Waals surface area contributed by atoms with Crippen LogP contribution in [0.2, 0.25) is 0 Å². The number of hydrogen-bond acceptors (Lipinski definition) is 3. The minimum Gasteiger partial charge on any atom is -0.481 e. The minimum absolute atomic E-state index is 0.0263. The molecule has 0 radical (unpaired) electrons. The number of carboxylic acids is 1. The fourth-order valence-electron chi connectivity index (χ4n) is 2.86. The van der Waals surface area contributed by atoms with Gasteiger partial charge in [0.2, 0.25) is 0 Å². The molecule has 1 atom stereocenters. The Hall–Kier alpha value is -1.88. The van der Waals surface area contributed by atoms with Crippen molar-refractivity contribution in [3.8, 4) is 0 Å². The Morgan fingerprint density at radius 1 is 1.48 bits per heavy atom. The van der Waals surface area contributed by atoms with Crippen molar-refractivity contribution in [2.45, 2.75) is 45.3 Å². The third-order valence-electron chi connectivity index (χ3n) is 3.94. The number of aryl methyl sites for hydroxylation is 2. The molecule has 1 fully saturated rings. The lowest BCUT2D eigenvalue weighted by Gasteiger charge is -2.23. The van der Waals surface area contributed by atoms with Crippen LogP contribution in [-0.4, -0.2) is 27.5 Å². The van der Waals surface area contributed by atoms with Gasteiger partial charge in [0, 0.05) is 18.4 Å². The number of rotatable bonds is 4. The lowest BCUT2D eigenvalue weighted by Crippen LogP contribution is -2.19. The average molecular weight is 288 g/mol. The highest BCUT2D eigenvalue weighted by Gasteiger charge is 2.21. The van der Waals surface area contributed by atoms with Crippen molar-refractivity contribution in [3.05, 3.63) is 29.5 Å². The topological polar surface area (TPSA) is 64.3 Å². The number of carbonyl (C=O) groups is 1. The summed E-state index contributed by atoms with van der Waals surface area (Å²) < 4.78 is 7.78. The van der Waals surface area contributed by atoms with Gasteiger partial charge in [-0.2, -0.15) is 5.10 Å². The fourth-order valence-corrected chi connectivity index (χ4v) is 2.86. The molecule has 0 saturated carbocycles. The molecule has 1 aromatic carbocycles. The van der Waals surface area contributed by atoms with Gasteiger partial charge in [-0.25, -0.2) is 4.68 Å². The van der Waals surface area contributed by atoms with E-state index in [2.05, 4.69) is 18.1 Å². The Kier molecular flexibility index (Phi) is 3.92. The van der Waals surface area contributed by atoms with Crippen LogP contribution in [0.5, 0.6) is 0 Å². The molecule has 3 rings (SSSR count). The molecule has 1 aliphatic heterocycles. The van der Waals surface area contributed by atoms with Crippen molar-refractivity contribution in [3.63, 3.8) is 0 Å². The zero-order chi connectivity index (χ0) is 14.8. The molecule has 1 aliphatic rings. The smallest absolute Gasteiger partial charge is 0.303 e. The van der Waals surface area contributed by atoms with E-state index in [0.717, 1.165) is 42.5 Å². The van der Waals surface area contributed by atoms with Gasteiger partial charge in [-0.3, -0.25) is 4.79 Å². The largest absolute Gasteiger partial charge is 0.481 e. The van der Waals surface area contributed by atoms with Crippen molar-refractivity contribution in [1.29, 1.82) is 0 Å². The fraction of sp³-hybridized carbons (Fsp3) is 0.500. The maximum absolute atomic E-state index is 10.8. The van der Waals surface area contributed by atoms with Gasteiger partial charge in [-0.05, 0) is 37.8 Å². The van der Waals surface area contributed by atoms with Crippen LogP contribution in [0.4, 0.5) is 0 Å². The molecule has 112 valence electrons. The molecule has 0 bridgehead atoms. The van der Waals surface area contributed by atoms with E-state index >= 15 is 0 Å². The monoisotopic (exact) mass is 288 g/mol. The van der Waals surface area contributed by atoms with Crippen LogP contribution in [0.25, 0.3) is 10.9 Å². The summed E-state index contributed by atoms with van der Waals surface area (Å²) >= 11 is 0. The van der Waals surface area contributed by atoms with E-state index < -0.39 is 5.97 Å². The average Bonchev–Trinajstić information content (AvgIpc) is 2.84. The Morgan fingerprint density at radius 3 is 3.05 bits per heavy atom. The lowest BCUT2D eigenvalue weighted by molar-refractivity contribution is -0.136. The Labute approximate surface area is 123 Å². The molecule has 1 aromatic heterocycles. The van der Waals surface area contributed by atoms with Crippen LogP contribution < -0.4 is 0 Å². The van der Waals surface area contributed by atoms with Crippen molar-refractivity contribution >= 4 is 16.9 Å². The number of aromatic nitrogens is 2.